The van der Waals surface area contributed by atoms with Crippen molar-refractivity contribution in [2.24, 2.45) is 44.3 Å². The topological polar surface area (TPSA) is 77.8 Å². The molecule has 0 heterocycles. The highest BCUT2D eigenvalue weighted by molar-refractivity contribution is 5.85. The van der Waals surface area contributed by atoms with Crippen LogP contribution in [0.15, 0.2) is 11.6 Å². The Labute approximate surface area is 206 Å². The third-order valence-corrected chi connectivity index (χ3v) is 13.0. The maximum atomic E-state index is 12.9. The molecule has 3 N–H and O–H groups in total. The SMILES string of the molecule is CC1(C)CC[C@]2(CO)CC[C@]3(C)[C@](O)([C@H](O)C=C4[C@@]5(C)CCC(=O)C(C)(C)[C@@H]5CC[C@]43C)[C@@H]2C1. The molecule has 5 aliphatic carbocycles. The van der Waals surface area contributed by atoms with Crippen molar-refractivity contribution in [3.63, 3.8) is 0 Å². The molecule has 192 valence electrons. The molecule has 4 nitrogen and oxygen atoms in total. The van der Waals surface area contributed by atoms with Crippen LogP contribution in [0.2, 0.25) is 0 Å². The van der Waals surface area contributed by atoms with Gasteiger partial charge in [0, 0.05) is 23.9 Å². The summed E-state index contributed by atoms with van der Waals surface area (Å²) < 4.78 is 0. The lowest BCUT2D eigenvalue weighted by Crippen LogP contribution is -2.75. The van der Waals surface area contributed by atoms with Crippen LogP contribution in [0.3, 0.4) is 0 Å². The number of allylic oxidation sites excluding steroid dienone is 1. The van der Waals surface area contributed by atoms with Crippen LogP contribution in [0.5, 0.6) is 0 Å². The van der Waals surface area contributed by atoms with Gasteiger partial charge in [-0.3, -0.25) is 4.79 Å². The molecule has 0 amide bonds. The molecule has 0 saturated heterocycles. The average Bonchev–Trinajstić information content (AvgIpc) is 2.76. The van der Waals surface area contributed by atoms with Crippen LogP contribution in [-0.4, -0.2) is 39.4 Å². The van der Waals surface area contributed by atoms with Crippen molar-refractivity contribution in [3.8, 4) is 0 Å². The zero-order chi connectivity index (χ0) is 25.2. The summed E-state index contributed by atoms with van der Waals surface area (Å²) >= 11 is 0. The number of ketones is 1. The van der Waals surface area contributed by atoms with Gasteiger partial charge in [0.25, 0.3) is 0 Å². The lowest BCUT2D eigenvalue weighted by Gasteiger charge is -2.73. The first kappa shape index (κ1) is 25.0. The van der Waals surface area contributed by atoms with Gasteiger partial charge in [0.2, 0.25) is 0 Å². The number of hydrogen-bond donors (Lipinski definition) is 3. The Hall–Kier alpha value is -0.710. The Morgan fingerprint density at radius 3 is 2.21 bits per heavy atom. The Morgan fingerprint density at radius 2 is 1.56 bits per heavy atom. The predicted molar refractivity (Wildman–Crippen MR) is 134 cm³/mol. The lowest BCUT2D eigenvalue weighted by molar-refractivity contribution is -0.293. The van der Waals surface area contributed by atoms with Crippen molar-refractivity contribution in [2.75, 3.05) is 6.61 Å². The second-order valence-corrected chi connectivity index (χ2v) is 15.1. The summed E-state index contributed by atoms with van der Waals surface area (Å²) in [6.45, 7) is 15.8. The van der Waals surface area contributed by atoms with Gasteiger partial charge < -0.3 is 15.3 Å². The van der Waals surface area contributed by atoms with Crippen molar-refractivity contribution in [1.29, 1.82) is 0 Å². The molecule has 0 aromatic rings. The average molecular weight is 473 g/mol. The maximum absolute atomic E-state index is 12.9. The minimum atomic E-state index is -1.27. The van der Waals surface area contributed by atoms with Gasteiger partial charge in [0.05, 0.1) is 0 Å². The van der Waals surface area contributed by atoms with Gasteiger partial charge in [0.15, 0.2) is 0 Å². The molecule has 0 aliphatic heterocycles. The monoisotopic (exact) mass is 472 g/mol. The highest BCUT2D eigenvalue weighted by Crippen LogP contribution is 2.76. The number of rotatable bonds is 1. The molecular formula is C30H48O4. The van der Waals surface area contributed by atoms with Gasteiger partial charge in [-0.05, 0) is 84.9 Å². The van der Waals surface area contributed by atoms with E-state index in [4.69, 9.17) is 0 Å². The van der Waals surface area contributed by atoms with E-state index >= 15 is 0 Å². The molecule has 8 atom stereocenters. The highest BCUT2D eigenvalue weighted by Gasteiger charge is 2.75. The fourth-order valence-corrected chi connectivity index (χ4v) is 10.4. The van der Waals surface area contributed by atoms with Gasteiger partial charge in [-0.2, -0.15) is 0 Å². The maximum Gasteiger partial charge on any atom is 0.138 e. The third-order valence-electron chi connectivity index (χ3n) is 13.0. The number of Topliss-reactive ketones (excluding diaryl/α,β-unsaturated/α-hetero) is 1. The summed E-state index contributed by atoms with van der Waals surface area (Å²) in [5.41, 5.74) is -1.44. The molecule has 0 unspecified atom stereocenters. The zero-order valence-electron chi connectivity index (χ0n) is 22.6. The number of aliphatic hydroxyl groups is 3. The second kappa shape index (κ2) is 6.98. The molecule has 34 heavy (non-hydrogen) atoms. The first-order valence-electron chi connectivity index (χ1n) is 13.8. The fourth-order valence-electron chi connectivity index (χ4n) is 10.4. The quantitative estimate of drug-likeness (QED) is 0.444. The first-order chi connectivity index (χ1) is 15.5. The molecule has 0 aromatic heterocycles. The minimum absolute atomic E-state index is 0.0827. The van der Waals surface area contributed by atoms with E-state index in [0.717, 1.165) is 51.4 Å². The van der Waals surface area contributed by atoms with E-state index in [9.17, 15) is 20.1 Å². The number of hydrogen-bond acceptors (Lipinski definition) is 4. The predicted octanol–water partition coefficient (Wildman–Crippen LogP) is 5.44. The smallest absolute Gasteiger partial charge is 0.138 e. The molecule has 4 saturated carbocycles. The molecule has 5 aliphatic rings. The van der Waals surface area contributed by atoms with Crippen LogP contribution < -0.4 is 0 Å². The Morgan fingerprint density at radius 1 is 0.912 bits per heavy atom. The van der Waals surface area contributed by atoms with E-state index in [1.165, 1.54) is 5.57 Å². The van der Waals surface area contributed by atoms with Crippen LogP contribution in [0.1, 0.15) is 106 Å². The normalized spacial score (nSPS) is 53.6. The molecule has 0 radical (unpaired) electrons. The van der Waals surface area contributed by atoms with E-state index in [1.54, 1.807) is 0 Å². The summed E-state index contributed by atoms with van der Waals surface area (Å²) in [5, 5.41) is 35.4. The Bertz CT molecular complexity index is 934. The number of fused-ring (bicyclic) bond motifs is 7. The van der Waals surface area contributed by atoms with E-state index in [0.29, 0.717) is 12.2 Å². The van der Waals surface area contributed by atoms with Crippen LogP contribution >= 0.6 is 0 Å². The van der Waals surface area contributed by atoms with E-state index in [-0.39, 0.29) is 45.5 Å². The summed E-state index contributed by atoms with van der Waals surface area (Å²) in [4.78, 5) is 12.9. The Kier molecular flexibility index (Phi) is 5.13. The van der Waals surface area contributed by atoms with Gasteiger partial charge in [0.1, 0.15) is 17.5 Å². The standard InChI is InChI=1S/C30H48O4/c1-24(2)12-14-29(18-31)15-13-28(7)27(6)11-8-19-25(3,4)22(32)9-10-26(19,5)20(27)16-23(33)30(28,34)21(29)17-24/h16,19,21,23,31,33-34H,8-15,17-18H2,1-7H3/t19-,21+,23+,26-,27+,28-,29+,30+/m0/s1. The minimum Gasteiger partial charge on any atom is -0.396 e. The molecule has 4 fully saturated rings. The number of aliphatic hydroxyl groups excluding tert-OH is 2. The molecule has 0 aromatic carbocycles. The summed E-state index contributed by atoms with van der Waals surface area (Å²) in [6, 6.07) is 0. The van der Waals surface area contributed by atoms with E-state index in [2.05, 4.69) is 48.5 Å². The van der Waals surface area contributed by atoms with Gasteiger partial charge >= 0.3 is 0 Å². The van der Waals surface area contributed by atoms with Crippen molar-refractivity contribution in [1.82, 2.24) is 0 Å². The van der Waals surface area contributed by atoms with Gasteiger partial charge in [-0.1, -0.05) is 60.1 Å². The number of carbonyl (C=O) groups is 1. The van der Waals surface area contributed by atoms with Crippen LogP contribution in [0, 0.1) is 44.3 Å². The summed E-state index contributed by atoms with van der Waals surface area (Å²) in [6.07, 6.45) is 8.93. The van der Waals surface area contributed by atoms with Crippen molar-refractivity contribution < 1.29 is 20.1 Å². The van der Waals surface area contributed by atoms with Crippen LogP contribution in [0.25, 0.3) is 0 Å². The van der Waals surface area contributed by atoms with E-state index < -0.39 is 17.1 Å². The largest absolute Gasteiger partial charge is 0.396 e. The molecule has 5 rings (SSSR count). The van der Waals surface area contributed by atoms with Crippen molar-refractivity contribution >= 4 is 5.78 Å². The van der Waals surface area contributed by atoms with Crippen molar-refractivity contribution in [3.05, 3.63) is 11.6 Å². The van der Waals surface area contributed by atoms with E-state index in [1.807, 2.05) is 6.08 Å². The highest BCUT2D eigenvalue weighted by atomic mass is 16.3. The first-order valence-corrected chi connectivity index (χ1v) is 13.8. The molecule has 4 heteroatoms. The fraction of sp³-hybridized carbons (Fsp3) is 0.900. The summed E-state index contributed by atoms with van der Waals surface area (Å²) in [7, 11) is 0. The molecule has 0 spiro atoms. The lowest BCUT2D eigenvalue weighted by atomic mass is 9.32. The van der Waals surface area contributed by atoms with Crippen molar-refractivity contribution in [2.45, 2.75) is 118 Å². The number of carbonyl (C=O) groups excluding carboxylic acids is 1. The second-order valence-electron chi connectivity index (χ2n) is 15.1. The van der Waals surface area contributed by atoms with Crippen LogP contribution in [0.4, 0.5) is 0 Å². The van der Waals surface area contributed by atoms with Gasteiger partial charge in [-0.15, -0.1) is 0 Å². The third kappa shape index (κ3) is 2.69. The molecule has 0 bridgehead atoms. The Balaban J connectivity index is 1.68. The summed E-state index contributed by atoms with van der Waals surface area (Å²) in [5.74, 6) is 0.497. The molecular weight excluding hydrogens is 424 g/mol. The zero-order valence-corrected chi connectivity index (χ0v) is 22.6. The van der Waals surface area contributed by atoms with Gasteiger partial charge in [-0.25, -0.2) is 0 Å². The van der Waals surface area contributed by atoms with Crippen LogP contribution in [-0.2, 0) is 4.79 Å².